The van der Waals surface area contributed by atoms with Crippen molar-refractivity contribution < 1.29 is 9.53 Å². The Kier molecular flexibility index (Phi) is 6.23. The van der Waals surface area contributed by atoms with Crippen LogP contribution < -0.4 is 5.32 Å². The van der Waals surface area contributed by atoms with Crippen molar-refractivity contribution in [1.82, 2.24) is 10.2 Å². The van der Waals surface area contributed by atoms with Gasteiger partial charge in [0.1, 0.15) is 0 Å². The third kappa shape index (κ3) is 5.23. The molecular formula is C12H23ClN2O2. The van der Waals surface area contributed by atoms with Crippen LogP contribution in [-0.2, 0) is 9.53 Å². The molecule has 1 heterocycles. The van der Waals surface area contributed by atoms with Gasteiger partial charge in [0.2, 0.25) is 5.91 Å². The summed E-state index contributed by atoms with van der Waals surface area (Å²) in [5.41, 5.74) is 0. The highest BCUT2D eigenvalue weighted by Gasteiger charge is 2.22. The van der Waals surface area contributed by atoms with Crippen molar-refractivity contribution in [3.63, 3.8) is 0 Å². The second-order valence-corrected chi connectivity index (χ2v) is 4.95. The van der Waals surface area contributed by atoms with Crippen LogP contribution in [0, 0.1) is 5.92 Å². The van der Waals surface area contributed by atoms with Crippen molar-refractivity contribution in [3.8, 4) is 0 Å². The third-order valence-corrected chi connectivity index (χ3v) is 3.21. The van der Waals surface area contributed by atoms with Crippen LogP contribution in [0.5, 0.6) is 0 Å². The van der Waals surface area contributed by atoms with Gasteiger partial charge in [-0.2, -0.15) is 0 Å². The highest BCUT2D eigenvalue weighted by Crippen LogP contribution is 2.27. The summed E-state index contributed by atoms with van der Waals surface area (Å²) in [5, 5.41) is 3.25. The zero-order valence-electron chi connectivity index (χ0n) is 10.5. The van der Waals surface area contributed by atoms with Gasteiger partial charge in [0.25, 0.3) is 0 Å². The van der Waals surface area contributed by atoms with Crippen molar-refractivity contribution >= 4 is 18.3 Å². The lowest BCUT2D eigenvalue weighted by atomic mass is 10.3. The lowest BCUT2D eigenvalue weighted by Gasteiger charge is -2.22. The van der Waals surface area contributed by atoms with E-state index in [1.807, 2.05) is 11.8 Å². The van der Waals surface area contributed by atoms with Gasteiger partial charge >= 0.3 is 0 Å². The summed E-state index contributed by atoms with van der Waals surface area (Å²) in [4.78, 5) is 13.8. The smallest absolute Gasteiger partial charge is 0.236 e. The van der Waals surface area contributed by atoms with Crippen LogP contribution in [0.15, 0.2) is 0 Å². The number of nitrogens with zero attached hydrogens (tertiary/aromatic N) is 1. The number of carbonyl (C=O) groups excluding carboxylic acids is 1. The molecule has 2 fully saturated rings. The lowest BCUT2D eigenvalue weighted by molar-refractivity contribution is -0.130. The molecule has 0 aromatic rings. The van der Waals surface area contributed by atoms with Crippen LogP contribution in [0.2, 0.25) is 0 Å². The van der Waals surface area contributed by atoms with E-state index < -0.39 is 0 Å². The Labute approximate surface area is 109 Å². The van der Waals surface area contributed by atoms with Crippen LogP contribution in [0.4, 0.5) is 0 Å². The van der Waals surface area contributed by atoms with Crippen LogP contribution >= 0.6 is 12.4 Å². The summed E-state index contributed by atoms with van der Waals surface area (Å²) >= 11 is 0. The molecule has 1 amide bonds. The van der Waals surface area contributed by atoms with Gasteiger partial charge in [-0.25, -0.2) is 0 Å². The molecule has 0 spiro atoms. The van der Waals surface area contributed by atoms with Crippen molar-refractivity contribution in [2.75, 3.05) is 32.8 Å². The SMILES string of the molecule is CC1CN(C(=O)CNCC2CC2)CCCO1.Cl. The largest absolute Gasteiger partial charge is 0.377 e. The Balaban J connectivity index is 0.00000144. The van der Waals surface area contributed by atoms with Gasteiger partial charge in [-0.3, -0.25) is 4.79 Å². The number of carbonyl (C=O) groups is 1. The van der Waals surface area contributed by atoms with E-state index in [9.17, 15) is 4.79 Å². The third-order valence-electron chi connectivity index (χ3n) is 3.21. The van der Waals surface area contributed by atoms with Crippen LogP contribution in [0.25, 0.3) is 0 Å². The quantitative estimate of drug-likeness (QED) is 0.823. The molecule has 1 saturated heterocycles. The highest BCUT2D eigenvalue weighted by molar-refractivity contribution is 5.85. The van der Waals surface area contributed by atoms with Crippen molar-refractivity contribution in [2.45, 2.75) is 32.3 Å². The number of halogens is 1. The Hall–Kier alpha value is -0.320. The minimum atomic E-state index is 0. The fourth-order valence-electron chi connectivity index (χ4n) is 2.04. The molecule has 2 rings (SSSR count). The van der Waals surface area contributed by atoms with Gasteiger partial charge in [0, 0.05) is 19.7 Å². The van der Waals surface area contributed by atoms with Gasteiger partial charge in [-0.15, -0.1) is 12.4 Å². The summed E-state index contributed by atoms with van der Waals surface area (Å²) in [6.07, 6.45) is 3.79. The monoisotopic (exact) mass is 262 g/mol. The van der Waals surface area contributed by atoms with Crippen LogP contribution in [-0.4, -0.2) is 49.7 Å². The summed E-state index contributed by atoms with van der Waals surface area (Å²) in [6, 6.07) is 0. The van der Waals surface area contributed by atoms with Crippen molar-refractivity contribution in [1.29, 1.82) is 0 Å². The molecule has 0 bridgehead atoms. The first-order valence-corrected chi connectivity index (χ1v) is 6.36. The normalized spacial score (nSPS) is 25.0. The number of rotatable bonds is 4. The number of amides is 1. The fourth-order valence-corrected chi connectivity index (χ4v) is 2.04. The predicted octanol–water partition coefficient (Wildman–Crippen LogP) is 1.05. The zero-order valence-corrected chi connectivity index (χ0v) is 11.3. The molecule has 1 N–H and O–H groups in total. The molecule has 100 valence electrons. The Morgan fingerprint density at radius 1 is 1.47 bits per heavy atom. The molecule has 0 aromatic carbocycles. The van der Waals surface area contributed by atoms with Gasteiger partial charge < -0.3 is 15.0 Å². The number of ether oxygens (including phenoxy) is 1. The first kappa shape index (κ1) is 14.7. The molecule has 1 unspecified atom stereocenters. The van der Waals surface area contributed by atoms with Gasteiger partial charge in [-0.05, 0) is 38.6 Å². The minimum absolute atomic E-state index is 0. The van der Waals surface area contributed by atoms with E-state index in [-0.39, 0.29) is 24.4 Å². The maximum atomic E-state index is 11.9. The first-order valence-electron chi connectivity index (χ1n) is 6.36. The van der Waals surface area contributed by atoms with E-state index in [1.165, 1.54) is 12.8 Å². The van der Waals surface area contributed by atoms with E-state index in [2.05, 4.69) is 5.32 Å². The lowest BCUT2D eigenvalue weighted by Crippen LogP contribution is -2.41. The zero-order chi connectivity index (χ0) is 11.4. The molecule has 4 nitrogen and oxygen atoms in total. The molecule has 1 aliphatic carbocycles. The topological polar surface area (TPSA) is 41.6 Å². The molecule has 0 aromatic heterocycles. The van der Waals surface area contributed by atoms with E-state index in [0.29, 0.717) is 6.54 Å². The van der Waals surface area contributed by atoms with Crippen molar-refractivity contribution in [3.05, 3.63) is 0 Å². The maximum absolute atomic E-state index is 11.9. The molecule has 1 aliphatic heterocycles. The Morgan fingerprint density at radius 2 is 2.24 bits per heavy atom. The number of nitrogens with one attached hydrogen (secondary N) is 1. The predicted molar refractivity (Wildman–Crippen MR) is 69.5 cm³/mol. The molecule has 17 heavy (non-hydrogen) atoms. The molecule has 5 heteroatoms. The second-order valence-electron chi connectivity index (χ2n) is 4.95. The number of hydrogen-bond acceptors (Lipinski definition) is 3. The van der Waals surface area contributed by atoms with Crippen molar-refractivity contribution in [2.24, 2.45) is 5.92 Å². The fraction of sp³-hybridized carbons (Fsp3) is 0.917. The van der Waals surface area contributed by atoms with Crippen LogP contribution in [0.3, 0.4) is 0 Å². The highest BCUT2D eigenvalue weighted by atomic mass is 35.5. The Morgan fingerprint density at radius 3 is 2.94 bits per heavy atom. The first-order chi connectivity index (χ1) is 7.75. The summed E-state index contributed by atoms with van der Waals surface area (Å²) in [5.74, 6) is 1.05. The Bertz CT molecular complexity index is 247. The van der Waals surface area contributed by atoms with Crippen LogP contribution in [0.1, 0.15) is 26.2 Å². The van der Waals surface area contributed by atoms with E-state index in [4.69, 9.17) is 4.74 Å². The van der Waals surface area contributed by atoms with Gasteiger partial charge in [0.05, 0.1) is 12.6 Å². The van der Waals surface area contributed by atoms with E-state index in [0.717, 1.165) is 38.6 Å². The minimum Gasteiger partial charge on any atom is -0.377 e. The number of hydrogen-bond donors (Lipinski definition) is 1. The molecule has 1 atom stereocenters. The molecule has 1 saturated carbocycles. The standard InChI is InChI=1S/C12H22N2O2.ClH/c1-10-9-14(5-2-6-16-10)12(15)8-13-7-11-3-4-11;/h10-11,13H,2-9H2,1H3;1H. The van der Waals surface area contributed by atoms with E-state index >= 15 is 0 Å². The molecule has 0 radical (unpaired) electrons. The molecular weight excluding hydrogens is 240 g/mol. The maximum Gasteiger partial charge on any atom is 0.236 e. The van der Waals surface area contributed by atoms with Gasteiger partial charge in [0.15, 0.2) is 0 Å². The molecule has 2 aliphatic rings. The summed E-state index contributed by atoms with van der Waals surface area (Å²) in [6.45, 7) is 5.89. The average Bonchev–Trinajstić information content (AvgIpc) is 3.05. The van der Waals surface area contributed by atoms with Gasteiger partial charge in [-0.1, -0.05) is 0 Å². The second kappa shape index (κ2) is 7.19. The summed E-state index contributed by atoms with van der Waals surface area (Å²) in [7, 11) is 0. The summed E-state index contributed by atoms with van der Waals surface area (Å²) < 4.78 is 5.52. The average molecular weight is 263 g/mol. The van der Waals surface area contributed by atoms with E-state index in [1.54, 1.807) is 0 Å².